The minimum Gasteiger partial charge on any atom is -0.395 e. The Kier molecular flexibility index (Phi) is 4.34. The maximum Gasteiger partial charge on any atom is 0.254 e. The molecule has 0 fully saturated rings. The van der Waals surface area contributed by atoms with E-state index in [0.717, 1.165) is 11.1 Å². The highest BCUT2D eigenvalue weighted by Gasteiger charge is 2.17. The third-order valence-electron chi connectivity index (χ3n) is 3.73. The van der Waals surface area contributed by atoms with E-state index in [1.54, 1.807) is 21.7 Å². The van der Waals surface area contributed by atoms with Crippen molar-refractivity contribution in [2.24, 2.45) is 7.05 Å². The topological polar surface area (TPSA) is 71.2 Å². The molecule has 1 aromatic heterocycles. The molecular weight excluding hydrogens is 292 g/mol. The first-order valence-electron chi connectivity index (χ1n) is 7.42. The summed E-state index contributed by atoms with van der Waals surface area (Å²) in [5.41, 5.74) is 3.12. The van der Waals surface area contributed by atoms with Gasteiger partial charge in [-0.1, -0.05) is 35.5 Å². The SMILES string of the molecule is Cn1nnc2cc(C(=O)N(CCO)Cc3ccccc3)ccc21. The number of aromatic nitrogens is 3. The van der Waals surface area contributed by atoms with Crippen LogP contribution in [0.3, 0.4) is 0 Å². The number of carbonyl (C=O) groups excluding carboxylic acids is 1. The molecule has 0 atom stereocenters. The van der Waals surface area contributed by atoms with Gasteiger partial charge in [0.25, 0.3) is 5.91 Å². The number of aliphatic hydroxyl groups is 1. The molecule has 0 aliphatic heterocycles. The summed E-state index contributed by atoms with van der Waals surface area (Å²) in [5, 5.41) is 17.3. The van der Waals surface area contributed by atoms with Crippen molar-refractivity contribution in [3.63, 3.8) is 0 Å². The summed E-state index contributed by atoms with van der Waals surface area (Å²) < 4.78 is 1.67. The molecule has 0 aliphatic carbocycles. The first kappa shape index (κ1) is 15.2. The van der Waals surface area contributed by atoms with Crippen molar-refractivity contribution < 1.29 is 9.90 Å². The minimum atomic E-state index is -0.129. The van der Waals surface area contributed by atoms with Crippen LogP contribution in [0.4, 0.5) is 0 Å². The van der Waals surface area contributed by atoms with Gasteiger partial charge >= 0.3 is 0 Å². The third-order valence-corrected chi connectivity index (χ3v) is 3.73. The smallest absolute Gasteiger partial charge is 0.254 e. The molecule has 0 radical (unpaired) electrons. The Labute approximate surface area is 134 Å². The monoisotopic (exact) mass is 310 g/mol. The van der Waals surface area contributed by atoms with Crippen LogP contribution < -0.4 is 0 Å². The van der Waals surface area contributed by atoms with Gasteiger partial charge in [0.2, 0.25) is 0 Å². The zero-order valence-corrected chi connectivity index (χ0v) is 12.9. The van der Waals surface area contributed by atoms with Crippen molar-refractivity contribution in [3.05, 3.63) is 59.7 Å². The normalized spacial score (nSPS) is 10.9. The number of aliphatic hydroxyl groups excluding tert-OH is 1. The first-order chi connectivity index (χ1) is 11.2. The summed E-state index contributed by atoms with van der Waals surface area (Å²) in [4.78, 5) is 14.4. The molecule has 1 amide bonds. The molecule has 118 valence electrons. The highest BCUT2D eigenvalue weighted by molar-refractivity contribution is 5.97. The zero-order valence-electron chi connectivity index (χ0n) is 12.9. The van der Waals surface area contributed by atoms with Crippen molar-refractivity contribution in [1.82, 2.24) is 19.9 Å². The van der Waals surface area contributed by atoms with Crippen molar-refractivity contribution in [3.8, 4) is 0 Å². The Balaban J connectivity index is 1.86. The lowest BCUT2D eigenvalue weighted by atomic mass is 10.1. The Hall–Kier alpha value is -2.73. The van der Waals surface area contributed by atoms with E-state index in [1.165, 1.54) is 0 Å². The van der Waals surface area contributed by atoms with Crippen LogP contribution in [-0.2, 0) is 13.6 Å². The van der Waals surface area contributed by atoms with Crippen molar-refractivity contribution >= 4 is 16.9 Å². The molecule has 0 unspecified atom stereocenters. The summed E-state index contributed by atoms with van der Waals surface area (Å²) in [5.74, 6) is -0.129. The minimum absolute atomic E-state index is 0.0774. The fourth-order valence-electron chi connectivity index (χ4n) is 2.53. The molecular formula is C17H18N4O2. The van der Waals surface area contributed by atoms with E-state index in [1.807, 2.05) is 43.4 Å². The molecule has 1 N–H and O–H groups in total. The second-order valence-electron chi connectivity index (χ2n) is 5.35. The summed E-state index contributed by atoms with van der Waals surface area (Å²) in [6, 6.07) is 15.1. The molecule has 0 spiro atoms. The number of hydrogen-bond acceptors (Lipinski definition) is 4. The predicted octanol–water partition coefficient (Wildman–Crippen LogP) is 1.60. The van der Waals surface area contributed by atoms with Crippen LogP contribution in [-0.4, -0.2) is 44.1 Å². The average molecular weight is 310 g/mol. The van der Waals surface area contributed by atoms with Gasteiger partial charge in [-0.25, -0.2) is 4.68 Å². The Bertz CT molecular complexity index is 814. The van der Waals surface area contributed by atoms with Crippen LogP contribution in [0, 0.1) is 0 Å². The van der Waals surface area contributed by atoms with Crippen molar-refractivity contribution in [2.75, 3.05) is 13.2 Å². The fourth-order valence-corrected chi connectivity index (χ4v) is 2.53. The van der Waals surface area contributed by atoms with Crippen LogP contribution in [0.15, 0.2) is 48.5 Å². The summed E-state index contributed by atoms with van der Waals surface area (Å²) in [7, 11) is 1.81. The summed E-state index contributed by atoms with van der Waals surface area (Å²) in [6.07, 6.45) is 0. The quantitative estimate of drug-likeness (QED) is 0.777. The van der Waals surface area contributed by atoms with Gasteiger partial charge < -0.3 is 10.0 Å². The van der Waals surface area contributed by atoms with Gasteiger partial charge in [-0.3, -0.25) is 4.79 Å². The molecule has 0 bridgehead atoms. The molecule has 3 aromatic rings. The van der Waals surface area contributed by atoms with Gasteiger partial charge in [0.1, 0.15) is 5.52 Å². The number of nitrogens with zero attached hydrogens (tertiary/aromatic N) is 4. The predicted molar refractivity (Wildman–Crippen MR) is 86.8 cm³/mol. The van der Waals surface area contributed by atoms with Gasteiger partial charge in [-0.2, -0.15) is 0 Å². The third kappa shape index (κ3) is 3.22. The lowest BCUT2D eigenvalue weighted by Crippen LogP contribution is -2.33. The van der Waals surface area contributed by atoms with Crippen LogP contribution in [0.25, 0.3) is 11.0 Å². The van der Waals surface area contributed by atoms with E-state index in [9.17, 15) is 9.90 Å². The lowest BCUT2D eigenvalue weighted by molar-refractivity contribution is 0.0708. The van der Waals surface area contributed by atoms with Crippen LogP contribution in [0.2, 0.25) is 0 Å². The van der Waals surface area contributed by atoms with Gasteiger partial charge in [0.05, 0.1) is 12.1 Å². The zero-order chi connectivity index (χ0) is 16.2. The van der Waals surface area contributed by atoms with Crippen LogP contribution >= 0.6 is 0 Å². The molecule has 1 heterocycles. The van der Waals surface area contributed by atoms with Crippen LogP contribution in [0.5, 0.6) is 0 Å². The van der Waals surface area contributed by atoms with Gasteiger partial charge in [0, 0.05) is 25.7 Å². The Morgan fingerprint density at radius 3 is 2.74 bits per heavy atom. The maximum absolute atomic E-state index is 12.7. The second kappa shape index (κ2) is 6.58. The van der Waals surface area contributed by atoms with Crippen molar-refractivity contribution in [2.45, 2.75) is 6.54 Å². The van der Waals surface area contributed by atoms with E-state index >= 15 is 0 Å². The fraction of sp³-hybridized carbons (Fsp3) is 0.235. The standard InChI is InChI=1S/C17H18N4O2/c1-20-16-8-7-14(11-15(16)18-19-20)17(23)21(9-10-22)12-13-5-3-2-4-6-13/h2-8,11,22H,9-10,12H2,1H3. The number of fused-ring (bicyclic) bond motifs is 1. The van der Waals surface area contributed by atoms with E-state index in [2.05, 4.69) is 10.3 Å². The highest BCUT2D eigenvalue weighted by Crippen LogP contribution is 2.15. The molecule has 23 heavy (non-hydrogen) atoms. The maximum atomic E-state index is 12.7. The second-order valence-corrected chi connectivity index (χ2v) is 5.35. The largest absolute Gasteiger partial charge is 0.395 e. The van der Waals surface area contributed by atoms with E-state index < -0.39 is 0 Å². The van der Waals surface area contributed by atoms with E-state index in [-0.39, 0.29) is 19.1 Å². The lowest BCUT2D eigenvalue weighted by Gasteiger charge is -2.22. The van der Waals surface area contributed by atoms with E-state index in [0.29, 0.717) is 17.6 Å². The van der Waals surface area contributed by atoms with Gasteiger partial charge in [0.15, 0.2) is 0 Å². The number of aryl methyl sites for hydroxylation is 1. The molecule has 2 aromatic carbocycles. The van der Waals surface area contributed by atoms with E-state index in [4.69, 9.17) is 0 Å². The Morgan fingerprint density at radius 2 is 2.00 bits per heavy atom. The number of carbonyl (C=O) groups is 1. The van der Waals surface area contributed by atoms with Gasteiger partial charge in [-0.15, -0.1) is 5.10 Å². The molecule has 6 heteroatoms. The Morgan fingerprint density at radius 1 is 1.22 bits per heavy atom. The molecule has 0 saturated heterocycles. The average Bonchev–Trinajstić information content (AvgIpc) is 2.95. The number of amides is 1. The highest BCUT2D eigenvalue weighted by atomic mass is 16.3. The molecule has 3 rings (SSSR count). The van der Waals surface area contributed by atoms with Gasteiger partial charge in [-0.05, 0) is 23.8 Å². The first-order valence-corrected chi connectivity index (χ1v) is 7.42. The van der Waals surface area contributed by atoms with Crippen LogP contribution in [0.1, 0.15) is 15.9 Å². The number of hydrogen-bond donors (Lipinski definition) is 1. The molecule has 0 aliphatic rings. The number of rotatable bonds is 5. The molecule has 0 saturated carbocycles. The summed E-state index contributed by atoms with van der Waals surface area (Å²) >= 11 is 0. The molecule has 6 nitrogen and oxygen atoms in total. The number of benzene rings is 2. The van der Waals surface area contributed by atoms with Crippen molar-refractivity contribution in [1.29, 1.82) is 0 Å². The summed E-state index contributed by atoms with van der Waals surface area (Å²) in [6.45, 7) is 0.664.